The molecule has 0 bridgehead atoms. The molecule has 2 aliphatic rings. The Morgan fingerprint density at radius 1 is 0.363 bits per heavy atom. The molecule has 10 aromatic carbocycles. The molecule has 0 radical (unpaired) electrons. The predicted molar refractivity (Wildman–Crippen MR) is 366 cm³/mol. The van der Waals surface area contributed by atoms with Gasteiger partial charge in [-0.05, 0) is 141 Å². The Balaban J connectivity index is 0.678. The van der Waals surface area contributed by atoms with Gasteiger partial charge in [0.1, 0.15) is 85.6 Å². The largest absolute Gasteiger partial charge is 0.490 e. The maximum absolute atomic E-state index is 15.3. The lowest BCUT2D eigenvalue weighted by Gasteiger charge is -2.30. The van der Waals surface area contributed by atoms with Crippen molar-refractivity contribution in [3.63, 3.8) is 0 Å². The Bertz CT molecular complexity index is 4450. The maximum atomic E-state index is 15.3. The highest BCUT2D eigenvalue weighted by Gasteiger charge is 2.42. The van der Waals surface area contributed by atoms with E-state index in [1.807, 2.05) is 170 Å². The maximum Gasteiger partial charge on any atom is 0.311 e. The van der Waals surface area contributed by atoms with Crippen molar-refractivity contribution in [1.82, 2.24) is 0 Å². The third kappa shape index (κ3) is 12.9. The summed E-state index contributed by atoms with van der Waals surface area (Å²) in [6, 6.07) is 70.5. The zero-order chi connectivity index (χ0) is 63.0. The number of hydrogen-bond acceptors (Lipinski definition) is 10. The summed E-state index contributed by atoms with van der Waals surface area (Å²) in [7, 11) is -7.38. The van der Waals surface area contributed by atoms with Crippen molar-refractivity contribution in [3.8, 4) is 68.2 Å². The topological polar surface area (TPSA) is 108 Å². The Morgan fingerprint density at radius 2 is 0.725 bits per heavy atom. The first kappa shape index (κ1) is 61.3. The molecule has 0 amide bonds. The molecule has 0 spiro atoms. The van der Waals surface area contributed by atoms with Crippen LogP contribution in [-0.4, -0.2) is 13.2 Å². The van der Waals surface area contributed by atoms with Crippen molar-refractivity contribution < 1.29 is 46.6 Å². The van der Waals surface area contributed by atoms with Gasteiger partial charge in [0, 0.05) is 16.5 Å². The van der Waals surface area contributed by atoms with Gasteiger partial charge in [0.2, 0.25) is 0 Å². The SMILES string of the molecule is C=CCOc1ccc(OCc2ccc(COc3ccc(C(C)(C)c4ccc(OCc5ccc(COc6ccc(OCC=C)c(P7(=O)Oc8ccccc8-c8ccccc87)c6)cc5)c(CC=C)c4)cc3CC=C)cc2)c(P2(=O)Oc3ccccc3-c3ccccc32)c1. The van der Waals surface area contributed by atoms with Crippen molar-refractivity contribution in [2.24, 2.45) is 0 Å². The van der Waals surface area contributed by atoms with Crippen molar-refractivity contribution in [2.45, 2.75) is 58.5 Å². The van der Waals surface area contributed by atoms with Crippen LogP contribution < -0.4 is 58.7 Å². The highest BCUT2D eigenvalue weighted by atomic mass is 31.2. The van der Waals surface area contributed by atoms with Crippen molar-refractivity contribution in [2.75, 3.05) is 13.2 Å². The van der Waals surface area contributed by atoms with Crippen LogP contribution in [0.3, 0.4) is 0 Å². The third-order valence-electron chi connectivity index (χ3n) is 16.4. The van der Waals surface area contributed by atoms with Gasteiger partial charge in [-0.25, -0.2) is 0 Å². The highest BCUT2D eigenvalue weighted by molar-refractivity contribution is 7.75. The van der Waals surface area contributed by atoms with E-state index in [4.69, 9.17) is 37.5 Å². The van der Waals surface area contributed by atoms with Crippen LogP contribution in [0.25, 0.3) is 22.3 Å². The molecule has 0 N–H and O–H groups in total. The van der Waals surface area contributed by atoms with Crippen LogP contribution in [0.5, 0.6) is 46.0 Å². The second-order valence-electron chi connectivity index (χ2n) is 22.8. The Kier molecular flexibility index (Phi) is 18.2. The van der Waals surface area contributed by atoms with E-state index < -0.39 is 14.7 Å². The van der Waals surface area contributed by atoms with E-state index in [-0.39, 0.29) is 31.8 Å². The van der Waals surface area contributed by atoms with E-state index >= 15 is 9.13 Å². The summed E-state index contributed by atoms with van der Waals surface area (Å²) in [5.74, 6) is 4.64. The number of ether oxygens (including phenoxy) is 6. The van der Waals surface area contributed by atoms with E-state index in [0.29, 0.717) is 81.8 Å². The zero-order valence-electron chi connectivity index (χ0n) is 51.1. The number of benzene rings is 10. The summed E-state index contributed by atoms with van der Waals surface area (Å²) in [5.41, 5.74) is 11.4. The second kappa shape index (κ2) is 27.0. The summed E-state index contributed by atoms with van der Waals surface area (Å²) >= 11 is 0. The van der Waals surface area contributed by atoms with Gasteiger partial charge in [-0.2, -0.15) is 0 Å². The lowest BCUT2D eigenvalue weighted by atomic mass is 9.76. The molecule has 2 aliphatic heterocycles. The van der Waals surface area contributed by atoms with E-state index in [1.54, 1.807) is 36.4 Å². The smallest absolute Gasteiger partial charge is 0.311 e. The summed E-state index contributed by atoms with van der Waals surface area (Å²) in [6.07, 6.45) is 8.39. The van der Waals surface area contributed by atoms with Crippen LogP contribution in [0.4, 0.5) is 0 Å². The predicted octanol–water partition coefficient (Wildman–Crippen LogP) is 17.5. The standard InChI is InChI=1S/C79H70O10P2/c1-7-19-59-47-61(37-41-69(59)85-52-56-31-29-55(30-32-56)51-84-64-40-43-73(83-46-10-4)77(50-64)90(80)75-27-17-13-23-67(75)65-21-11-15-25-71(65)88-90)79(5,6)62-38-42-70(60(48-62)20-8-2)86-53-57-33-35-58(36-34-57)54-87-74-44-39-63(82-45-9-3)49-78(74)91(81)76-28-18-14-24-68(76)66-22-12-16-26-72(66)89-91/h7-18,21-44,47-50H,1-4,19-20,45-46,51-54H2,5-6H3. The van der Waals surface area contributed by atoms with E-state index in [2.05, 4.69) is 76.6 Å². The molecule has 0 saturated carbocycles. The van der Waals surface area contributed by atoms with Crippen LogP contribution in [0, 0.1) is 0 Å². The molecule has 2 unspecified atom stereocenters. The van der Waals surface area contributed by atoms with Crippen molar-refractivity contribution in [1.29, 1.82) is 0 Å². The van der Waals surface area contributed by atoms with Gasteiger partial charge in [0.15, 0.2) is 0 Å². The fourth-order valence-electron chi connectivity index (χ4n) is 11.5. The molecular weight excluding hydrogens is 1170 g/mol. The first-order valence-electron chi connectivity index (χ1n) is 30.3. The minimum absolute atomic E-state index is 0.226. The Morgan fingerprint density at radius 3 is 1.16 bits per heavy atom. The molecule has 0 saturated heterocycles. The van der Waals surface area contributed by atoms with Gasteiger partial charge in [0.05, 0.1) is 21.2 Å². The second-order valence-corrected chi connectivity index (χ2v) is 27.3. The van der Waals surface area contributed by atoms with Gasteiger partial charge >= 0.3 is 14.7 Å². The van der Waals surface area contributed by atoms with Crippen molar-refractivity contribution in [3.05, 3.63) is 314 Å². The first-order valence-corrected chi connectivity index (χ1v) is 33.5. The van der Waals surface area contributed by atoms with Gasteiger partial charge in [-0.1, -0.05) is 197 Å². The van der Waals surface area contributed by atoms with Crippen LogP contribution in [0.1, 0.15) is 58.4 Å². The molecule has 0 aromatic heterocycles. The number of para-hydroxylation sites is 2. The average Bonchev–Trinajstić information content (AvgIpc) is 0.794. The van der Waals surface area contributed by atoms with Crippen LogP contribution in [0.15, 0.2) is 269 Å². The summed E-state index contributed by atoms with van der Waals surface area (Å²) in [6.45, 7) is 22.0. The van der Waals surface area contributed by atoms with Crippen LogP contribution in [-0.2, 0) is 53.8 Å². The van der Waals surface area contributed by atoms with E-state index in [9.17, 15) is 0 Å². The molecule has 0 aliphatic carbocycles. The minimum atomic E-state index is -3.70. The lowest BCUT2D eigenvalue weighted by Crippen LogP contribution is -2.26. The van der Waals surface area contributed by atoms with Crippen LogP contribution >= 0.6 is 14.7 Å². The third-order valence-corrected chi connectivity index (χ3v) is 21.3. The summed E-state index contributed by atoms with van der Waals surface area (Å²) in [5, 5.41) is 2.05. The average molecular weight is 1240 g/mol. The lowest BCUT2D eigenvalue weighted by molar-refractivity contribution is 0.300. The highest BCUT2D eigenvalue weighted by Crippen LogP contribution is 2.57. The minimum Gasteiger partial charge on any atom is -0.490 e. The Labute approximate surface area is 533 Å². The monoisotopic (exact) mass is 1240 g/mol. The fraction of sp³-hybridized carbons (Fsp3) is 0.139. The van der Waals surface area contributed by atoms with E-state index in [1.165, 1.54) is 0 Å². The summed E-state index contributed by atoms with van der Waals surface area (Å²) in [4.78, 5) is 0. The molecule has 12 rings (SSSR count). The van der Waals surface area contributed by atoms with Gasteiger partial charge in [-0.15, -0.1) is 13.2 Å². The molecule has 12 heteroatoms. The quantitative estimate of drug-likeness (QED) is 0.0384. The molecule has 0 fully saturated rings. The zero-order valence-corrected chi connectivity index (χ0v) is 52.8. The van der Waals surface area contributed by atoms with Crippen molar-refractivity contribution >= 4 is 36.0 Å². The molecule has 2 heterocycles. The molecule has 10 aromatic rings. The summed E-state index contributed by atoms with van der Waals surface area (Å²) < 4.78 is 81.3. The number of rotatable bonds is 26. The van der Waals surface area contributed by atoms with Gasteiger partial charge in [-0.3, -0.25) is 9.13 Å². The molecule has 2 atom stereocenters. The van der Waals surface area contributed by atoms with Gasteiger partial charge in [0.25, 0.3) is 0 Å². The number of hydrogen-bond donors (Lipinski definition) is 0. The number of fused-ring (bicyclic) bond motifs is 6. The number of allylic oxidation sites excluding steroid dienone is 2. The molecule has 91 heavy (non-hydrogen) atoms. The normalized spacial score (nSPS) is 15.1. The first-order chi connectivity index (χ1) is 44.4. The Hall–Kier alpha value is -9.98. The van der Waals surface area contributed by atoms with Crippen LogP contribution in [0.2, 0.25) is 0 Å². The van der Waals surface area contributed by atoms with Gasteiger partial charge < -0.3 is 37.5 Å². The molecule has 456 valence electrons. The molecular formula is C79H70O10P2. The fourth-order valence-corrected chi connectivity index (χ4v) is 16.3. The van der Waals surface area contributed by atoms with E-state index in [0.717, 1.165) is 78.3 Å². The molecule has 10 nitrogen and oxygen atoms in total.